The van der Waals surface area contributed by atoms with Gasteiger partial charge in [-0.05, 0) is 36.6 Å². The summed E-state index contributed by atoms with van der Waals surface area (Å²) in [4.78, 5) is 27.2. The van der Waals surface area contributed by atoms with E-state index in [1.807, 2.05) is 61.2 Å². The lowest BCUT2D eigenvalue weighted by molar-refractivity contribution is -0.137. The van der Waals surface area contributed by atoms with E-state index < -0.39 is 5.41 Å². The van der Waals surface area contributed by atoms with Crippen molar-refractivity contribution >= 4 is 17.5 Å². The highest BCUT2D eigenvalue weighted by Crippen LogP contribution is 2.49. The molecule has 1 N–H and O–H groups in total. The number of benzene rings is 2. The van der Waals surface area contributed by atoms with E-state index in [4.69, 9.17) is 9.47 Å². The van der Waals surface area contributed by atoms with Crippen molar-refractivity contribution in [3.8, 4) is 17.2 Å². The third-order valence-electron chi connectivity index (χ3n) is 5.90. The molecule has 29 heavy (non-hydrogen) atoms. The molecule has 2 amide bonds. The number of likely N-dealkylation sites (tertiary alicyclic amines) is 1. The molecule has 2 aromatic carbocycles. The lowest BCUT2D eigenvalue weighted by Crippen LogP contribution is -2.49. The van der Waals surface area contributed by atoms with Gasteiger partial charge in [-0.2, -0.15) is 0 Å². The summed E-state index contributed by atoms with van der Waals surface area (Å²) in [5, 5.41) is 3.02. The second-order valence-electron chi connectivity index (χ2n) is 7.98. The lowest BCUT2D eigenvalue weighted by Gasteiger charge is -2.38. The van der Waals surface area contributed by atoms with Crippen LogP contribution in [0, 0.1) is 5.92 Å². The molecule has 4 rings (SSSR count). The first kappa shape index (κ1) is 19.3. The Morgan fingerprint density at radius 3 is 2.41 bits per heavy atom. The second kappa shape index (κ2) is 7.43. The Morgan fingerprint density at radius 1 is 1.10 bits per heavy atom. The van der Waals surface area contributed by atoms with Gasteiger partial charge in [0.15, 0.2) is 11.5 Å². The minimum Gasteiger partial charge on any atom is -0.493 e. The summed E-state index contributed by atoms with van der Waals surface area (Å²) in [6, 6.07) is 13.2. The molecule has 0 bridgehead atoms. The summed E-state index contributed by atoms with van der Waals surface area (Å²) in [5.74, 6) is 1.94. The van der Waals surface area contributed by atoms with Gasteiger partial charge in [0.1, 0.15) is 5.75 Å². The van der Waals surface area contributed by atoms with Crippen LogP contribution in [0.25, 0.3) is 0 Å². The normalized spacial score (nSPS) is 17.2. The summed E-state index contributed by atoms with van der Waals surface area (Å²) in [6.45, 7) is 4.97. The zero-order valence-electron chi connectivity index (χ0n) is 17.0. The maximum absolute atomic E-state index is 13.0. The number of ether oxygens (including phenoxy) is 2. The van der Waals surface area contributed by atoms with E-state index in [-0.39, 0.29) is 17.7 Å². The molecule has 152 valence electrons. The molecule has 1 saturated heterocycles. The lowest BCUT2D eigenvalue weighted by atomic mass is 9.73. The number of carbonyl (C=O) groups is 2. The van der Waals surface area contributed by atoms with Gasteiger partial charge in [-0.15, -0.1) is 0 Å². The molecule has 6 heteroatoms. The van der Waals surface area contributed by atoms with E-state index in [0.717, 1.165) is 11.3 Å². The first-order valence-electron chi connectivity index (χ1n) is 10.0. The first-order chi connectivity index (χ1) is 13.9. The molecule has 2 heterocycles. The second-order valence-corrected chi connectivity index (χ2v) is 7.98. The first-order valence-corrected chi connectivity index (χ1v) is 10.0. The molecule has 0 aliphatic carbocycles. The van der Waals surface area contributed by atoms with Crippen LogP contribution < -0.4 is 14.8 Å². The quantitative estimate of drug-likeness (QED) is 0.852. The topological polar surface area (TPSA) is 67.9 Å². The molecule has 2 aromatic rings. The minimum absolute atomic E-state index is 0.0111. The van der Waals surface area contributed by atoms with Crippen LogP contribution in [-0.2, 0) is 15.0 Å². The van der Waals surface area contributed by atoms with E-state index in [2.05, 4.69) is 5.32 Å². The predicted molar refractivity (Wildman–Crippen MR) is 110 cm³/mol. The van der Waals surface area contributed by atoms with E-state index in [0.29, 0.717) is 43.2 Å². The number of hydrogen-bond donors (Lipinski definition) is 1. The average molecular weight is 394 g/mol. The van der Waals surface area contributed by atoms with E-state index in [1.165, 1.54) is 0 Å². The van der Waals surface area contributed by atoms with Gasteiger partial charge >= 0.3 is 0 Å². The molecular weight excluding hydrogens is 368 g/mol. The van der Waals surface area contributed by atoms with Gasteiger partial charge < -0.3 is 19.7 Å². The number of rotatable bonds is 4. The highest BCUT2D eigenvalue weighted by molar-refractivity contribution is 6.07. The van der Waals surface area contributed by atoms with Gasteiger partial charge in [0.25, 0.3) is 0 Å². The summed E-state index contributed by atoms with van der Waals surface area (Å²) in [7, 11) is 1.60. The van der Waals surface area contributed by atoms with Crippen LogP contribution in [0.15, 0.2) is 42.5 Å². The van der Waals surface area contributed by atoms with Crippen molar-refractivity contribution in [3.63, 3.8) is 0 Å². The van der Waals surface area contributed by atoms with E-state index >= 15 is 0 Å². The monoisotopic (exact) mass is 394 g/mol. The number of nitrogens with zero attached hydrogens (tertiary/aromatic N) is 1. The van der Waals surface area contributed by atoms with Crippen molar-refractivity contribution < 1.29 is 19.1 Å². The summed E-state index contributed by atoms with van der Waals surface area (Å²) in [5.41, 5.74) is 1.06. The molecule has 2 aliphatic heterocycles. The van der Waals surface area contributed by atoms with E-state index in [9.17, 15) is 9.59 Å². The van der Waals surface area contributed by atoms with Crippen LogP contribution in [-0.4, -0.2) is 36.9 Å². The molecule has 0 aromatic heterocycles. The van der Waals surface area contributed by atoms with Gasteiger partial charge in [0.05, 0.1) is 12.5 Å². The molecule has 0 saturated carbocycles. The fraction of sp³-hybridized carbons (Fsp3) is 0.391. The van der Waals surface area contributed by atoms with Crippen LogP contribution >= 0.6 is 0 Å². The number of para-hydroxylation sites is 1. The third kappa shape index (κ3) is 3.33. The number of fused-ring (bicyclic) bond motifs is 2. The largest absolute Gasteiger partial charge is 0.493 e. The molecule has 1 fully saturated rings. The molecule has 0 unspecified atom stereocenters. The number of methoxy groups -OCH3 is 1. The molecule has 2 aliphatic rings. The number of carbonyl (C=O) groups excluding carboxylic acids is 2. The summed E-state index contributed by atoms with van der Waals surface area (Å²) < 4.78 is 11.6. The summed E-state index contributed by atoms with van der Waals surface area (Å²) in [6.07, 6.45) is 1.21. The molecular formula is C23H26N2O4. The number of hydrogen-bond acceptors (Lipinski definition) is 4. The minimum atomic E-state index is -0.623. The molecule has 0 atom stereocenters. The van der Waals surface area contributed by atoms with Gasteiger partial charge in [-0.25, -0.2) is 0 Å². The molecule has 0 radical (unpaired) electrons. The molecule has 1 spiro atoms. The van der Waals surface area contributed by atoms with Crippen molar-refractivity contribution in [3.05, 3.63) is 48.0 Å². The standard InChI is InChI=1S/C23H26N2O4/c1-15(2)21(26)25-11-9-23(10-12-25)17-13-19(28-3)20(14-18(17)24-22(23)27)29-16-7-5-4-6-8-16/h4-8,13-15H,9-12H2,1-3H3,(H,24,27). The van der Waals surface area contributed by atoms with Crippen LogP contribution in [0.3, 0.4) is 0 Å². The van der Waals surface area contributed by atoms with Crippen LogP contribution in [0.1, 0.15) is 32.3 Å². The van der Waals surface area contributed by atoms with Gasteiger partial charge in [0, 0.05) is 30.8 Å². The zero-order valence-corrected chi connectivity index (χ0v) is 17.0. The Morgan fingerprint density at radius 2 is 1.79 bits per heavy atom. The van der Waals surface area contributed by atoms with Crippen molar-refractivity contribution in [2.75, 3.05) is 25.5 Å². The van der Waals surface area contributed by atoms with Crippen molar-refractivity contribution in [1.29, 1.82) is 0 Å². The highest BCUT2D eigenvalue weighted by atomic mass is 16.5. The Balaban J connectivity index is 1.64. The van der Waals surface area contributed by atoms with Gasteiger partial charge in [-0.1, -0.05) is 32.0 Å². The van der Waals surface area contributed by atoms with Crippen molar-refractivity contribution in [2.24, 2.45) is 5.92 Å². The fourth-order valence-electron chi connectivity index (χ4n) is 4.25. The SMILES string of the molecule is COc1cc2c(cc1Oc1ccccc1)NC(=O)C21CCN(C(=O)C(C)C)CC1. The van der Waals surface area contributed by atoms with Gasteiger partial charge in [0.2, 0.25) is 11.8 Å². The van der Waals surface area contributed by atoms with E-state index in [1.54, 1.807) is 7.11 Å². The average Bonchev–Trinajstić information content (AvgIpc) is 2.98. The Bertz CT molecular complexity index is 931. The van der Waals surface area contributed by atoms with Crippen LogP contribution in [0.2, 0.25) is 0 Å². The van der Waals surface area contributed by atoms with Gasteiger partial charge in [-0.3, -0.25) is 9.59 Å². The van der Waals surface area contributed by atoms with Crippen LogP contribution in [0.4, 0.5) is 5.69 Å². The third-order valence-corrected chi connectivity index (χ3v) is 5.90. The fourth-order valence-corrected chi connectivity index (χ4v) is 4.25. The number of nitrogens with one attached hydrogen (secondary N) is 1. The number of anilines is 1. The van der Waals surface area contributed by atoms with Crippen molar-refractivity contribution in [2.45, 2.75) is 32.1 Å². The Labute approximate surface area is 170 Å². The number of piperidine rings is 1. The summed E-state index contributed by atoms with van der Waals surface area (Å²) >= 11 is 0. The number of amides is 2. The highest BCUT2D eigenvalue weighted by Gasteiger charge is 2.49. The smallest absolute Gasteiger partial charge is 0.235 e. The van der Waals surface area contributed by atoms with Crippen LogP contribution in [0.5, 0.6) is 17.2 Å². The predicted octanol–water partition coefficient (Wildman–Crippen LogP) is 3.96. The Kier molecular flexibility index (Phi) is 4.94. The molecule has 6 nitrogen and oxygen atoms in total. The maximum atomic E-state index is 13.0. The Hall–Kier alpha value is -3.02. The van der Waals surface area contributed by atoms with Crippen molar-refractivity contribution in [1.82, 2.24) is 4.90 Å². The maximum Gasteiger partial charge on any atom is 0.235 e. The zero-order chi connectivity index (χ0) is 20.6.